The summed E-state index contributed by atoms with van der Waals surface area (Å²) >= 11 is 0. The summed E-state index contributed by atoms with van der Waals surface area (Å²) in [6, 6.07) is 8.46. The number of rotatable bonds is 8. The molecule has 1 amide bonds. The van der Waals surface area contributed by atoms with Gasteiger partial charge in [-0.05, 0) is 36.8 Å². The molecule has 1 N–H and O–H groups in total. The second kappa shape index (κ2) is 9.05. The van der Waals surface area contributed by atoms with Crippen LogP contribution in [0.25, 0.3) is 0 Å². The van der Waals surface area contributed by atoms with Crippen LogP contribution in [0.3, 0.4) is 0 Å². The molecule has 2 aliphatic rings. The van der Waals surface area contributed by atoms with Crippen molar-refractivity contribution in [1.82, 2.24) is 14.7 Å². The van der Waals surface area contributed by atoms with Gasteiger partial charge in [0.2, 0.25) is 5.91 Å². The first-order valence-corrected chi connectivity index (χ1v) is 10.4. The predicted octanol–water partition coefficient (Wildman–Crippen LogP) is 2.39. The Kier molecular flexibility index (Phi) is 6.73. The summed E-state index contributed by atoms with van der Waals surface area (Å²) in [4.78, 5) is 30.2. The summed E-state index contributed by atoms with van der Waals surface area (Å²) in [7, 11) is 0. The van der Waals surface area contributed by atoms with Crippen molar-refractivity contribution in [3.63, 3.8) is 0 Å². The number of piperazine rings is 1. The SMILES string of the molecule is CC(C)c1ccc(CN2CCN(C(=O)CN(C3CC3)C(C)C(=O)O)CC2)cc1. The molecule has 28 heavy (non-hydrogen) atoms. The molecule has 0 radical (unpaired) electrons. The van der Waals surface area contributed by atoms with Crippen molar-refractivity contribution in [2.75, 3.05) is 32.7 Å². The molecule has 154 valence electrons. The Balaban J connectivity index is 1.47. The van der Waals surface area contributed by atoms with E-state index in [4.69, 9.17) is 0 Å². The van der Waals surface area contributed by atoms with Gasteiger partial charge in [-0.2, -0.15) is 0 Å². The maximum Gasteiger partial charge on any atom is 0.320 e. The highest BCUT2D eigenvalue weighted by Crippen LogP contribution is 2.28. The zero-order valence-corrected chi connectivity index (χ0v) is 17.3. The maximum absolute atomic E-state index is 12.7. The van der Waals surface area contributed by atoms with E-state index in [1.807, 2.05) is 9.80 Å². The molecule has 1 aliphatic carbocycles. The van der Waals surface area contributed by atoms with Crippen LogP contribution in [0.1, 0.15) is 50.7 Å². The Hall–Kier alpha value is -1.92. The van der Waals surface area contributed by atoms with E-state index in [1.165, 1.54) is 11.1 Å². The number of amides is 1. The van der Waals surface area contributed by atoms with Crippen LogP contribution in [0, 0.1) is 0 Å². The average Bonchev–Trinajstić information content (AvgIpc) is 3.51. The number of hydrogen-bond donors (Lipinski definition) is 1. The minimum Gasteiger partial charge on any atom is -0.480 e. The summed E-state index contributed by atoms with van der Waals surface area (Å²) in [5.41, 5.74) is 2.66. The normalized spacial score (nSPS) is 19.2. The molecule has 6 nitrogen and oxygen atoms in total. The van der Waals surface area contributed by atoms with Crippen molar-refractivity contribution >= 4 is 11.9 Å². The topological polar surface area (TPSA) is 64.1 Å². The smallest absolute Gasteiger partial charge is 0.320 e. The summed E-state index contributed by atoms with van der Waals surface area (Å²) in [6.45, 7) is 10.3. The third kappa shape index (κ3) is 5.32. The predicted molar refractivity (Wildman–Crippen MR) is 109 cm³/mol. The molecular formula is C22H33N3O3. The number of benzene rings is 1. The van der Waals surface area contributed by atoms with Crippen molar-refractivity contribution < 1.29 is 14.7 Å². The standard InChI is InChI=1S/C22H33N3O3/c1-16(2)19-6-4-18(5-7-19)14-23-10-12-24(13-11-23)21(26)15-25(20-8-9-20)17(3)22(27)28/h4-7,16-17,20H,8-15H2,1-3H3,(H,27,28). The van der Waals surface area contributed by atoms with Gasteiger partial charge in [0.1, 0.15) is 6.04 Å². The molecule has 2 fully saturated rings. The fraction of sp³-hybridized carbons (Fsp3) is 0.636. The molecule has 0 aromatic heterocycles. The maximum atomic E-state index is 12.7. The van der Waals surface area contributed by atoms with Gasteiger partial charge in [0.05, 0.1) is 6.54 Å². The lowest BCUT2D eigenvalue weighted by atomic mass is 10.0. The molecule has 1 aromatic rings. The van der Waals surface area contributed by atoms with Gasteiger partial charge in [0.15, 0.2) is 0 Å². The number of carboxylic acids is 1. The second-order valence-electron chi connectivity index (χ2n) is 8.47. The van der Waals surface area contributed by atoms with Crippen LogP contribution in [0.4, 0.5) is 0 Å². The Morgan fingerprint density at radius 2 is 1.68 bits per heavy atom. The molecule has 1 heterocycles. The molecule has 1 atom stereocenters. The van der Waals surface area contributed by atoms with Crippen molar-refractivity contribution in [2.24, 2.45) is 0 Å². The van der Waals surface area contributed by atoms with E-state index in [9.17, 15) is 14.7 Å². The van der Waals surface area contributed by atoms with Gasteiger partial charge >= 0.3 is 5.97 Å². The highest BCUT2D eigenvalue weighted by atomic mass is 16.4. The van der Waals surface area contributed by atoms with E-state index in [-0.39, 0.29) is 18.5 Å². The molecule has 1 saturated carbocycles. The fourth-order valence-corrected chi connectivity index (χ4v) is 3.81. The van der Waals surface area contributed by atoms with Crippen LogP contribution in [0.15, 0.2) is 24.3 Å². The molecule has 1 unspecified atom stereocenters. The lowest BCUT2D eigenvalue weighted by Gasteiger charge is -2.36. The highest BCUT2D eigenvalue weighted by molar-refractivity contribution is 5.80. The molecule has 1 saturated heterocycles. The van der Waals surface area contributed by atoms with Crippen molar-refractivity contribution in [2.45, 2.75) is 58.2 Å². The van der Waals surface area contributed by atoms with Crippen LogP contribution < -0.4 is 0 Å². The van der Waals surface area contributed by atoms with E-state index in [2.05, 4.69) is 43.0 Å². The summed E-state index contributed by atoms with van der Waals surface area (Å²) in [5, 5.41) is 9.30. The van der Waals surface area contributed by atoms with Gasteiger partial charge in [-0.1, -0.05) is 38.1 Å². The molecule has 1 aliphatic heterocycles. The Labute approximate surface area is 168 Å². The number of nitrogens with zero attached hydrogens (tertiary/aromatic N) is 3. The summed E-state index contributed by atoms with van der Waals surface area (Å²) in [5.74, 6) is -0.253. The summed E-state index contributed by atoms with van der Waals surface area (Å²) in [6.07, 6.45) is 1.99. The third-order valence-electron chi connectivity index (χ3n) is 5.97. The minimum absolute atomic E-state index is 0.0564. The van der Waals surface area contributed by atoms with E-state index in [0.717, 1.165) is 32.5 Å². The molecule has 0 bridgehead atoms. The van der Waals surface area contributed by atoms with Crippen LogP contribution in [-0.2, 0) is 16.1 Å². The lowest BCUT2D eigenvalue weighted by Crippen LogP contribution is -2.53. The molecule has 6 heteroatoms. The lowest BCUT2D eigenvalue weighted by molar-refractivity contribution is -0.144. The number of carboxylic acid groups (broad SMARTS) is 1. The first-order chi connectivity index (χ1) is 13.3. The van der Waals surface area contributed by atoms with Gasteiger partial charge < -0.3 is 10.0 Å². The van der Waals surface area contributed by atoms with Crippen LogP contribution in [-0.4, -0.2) is 76.5 Å². The van der Waals surface area contributed by atoms with E-state index < -0.39 is 12.0 Å². The first kappa shape index (κ1) is 20.8. The Bertz CT molecular complexity index is 677. The van der Waals surface area contributed by atoms with Crippen LogP contribution in [0.2, 0.25) is 0 Å². The van der Waals surface area contributed by atoms with Gasteiger partial charge in [-0.15, -0.1) is 0 Å². The largest absolute Gasteiger partial charge is 0.480 e. The third-order valence-corrected chi connectivity index (χ3v) is 5.97. The van der Waals surface area contributed by atoms with Crippen LogP contribution in [0.5, 0.6) is 0 Å². The average molecular weight is 388 g/mol. The highest BCUT2D eigenvalue weighted by Gasteiger charge is 2.37. The van der Waals surface area contributed by atoms with E-state index >= 15 is 0 Å². The monoisotopic (exact) mass is 387 g/mol. The number of aliphatic carboxylic acids is 1. The quantitative estimate of drug-likeness (QED) is 0.742. The molecule has 0 spiro atoms. The number of carbonyl (C=O) groups is 2. The van der Waals surface area contributed by atoms with E-state index in [0.29, 0.717) is 19.0 Å². The van der Waals surface area contributed by atoms with Crippen molar-refractivity contribution in [3.05, 3.63) is 35.4 Å². The summed E-state index contributed by atoms with van der Waals surface area (Å²) < 4.78 is 0. The first-order valence-electron chi connectivity index (χ1n) is 10.4. The Morgan fingerprint density at radius 3 is 2.18 bits per heavy atom. The van der Waals surface area contributed by atoms with Gasteiger partial charge in [-0.25, -0.2) is 0 Å². The minimum atomic E-state index is -0.854. The number of carbonyl (C=O) groups excluding carboxylic acids is 1. The Morgan fingerprint density at radius 1 is 1.07 bits per heavy atom. The van der Waals surface area contributed by atoms with E-state index in [1.54, 1.807) is 6.92 Å². The number of hydrogen-bond acceptors (Lipinski definition) is 4. The molecule has 1 aromatic carbocycles. The van der Waals surface area contributed by atoms with Gasteiger partial charge in [-0.3, -0.25) is 19.4 Å². The van der Waals surface area contributed by atoms with Crippen molar-refractivity contribution in [3.8, 4) is 0 Å². The molecule has 3 rings (SSSR count). The van der Waals surface area contributed by atoms with Gasteiger partial charge in [0.25, 0.3) is 0 Å². The second-order valence-corrected chi connectivity index (χ2v) is 8.47. The fourth-order valence-electron chi connectivity index (χ4n) is 3.81. The van der Waals surface area contributed by atoms with Gasteiger partial charge in [0, 0.05) is 38.8 Å². The van der Waals surface area contributed by atoms with Crippen LogP contribution >= 0.6 is 0 Å². The van der Waals surface area contributed by atoms with Crippen molar-refractivity contribution in [1.29, 1.82) is 0 Å². The zero-order chi connectivity index (χ0) is 20.3. The molecular weight excluding hydrogens is 354 g/mol. The zero-order valence-electron chi connectivity index (χ0n) is 17.3.